The van der Waals surface area contributed by atoms with Gasteiger partial charge in [0, 0.05) is 32.2 Å². The first kappa shape index (κ1) is 15.3. The number of carboxylic acid groups (broad SMARTS) is 1. The highest BCUT2D eigenvalue weighted by atomic mass is 19.1. The number of hydrogen-bond donors (Lipinski definition) is 3. The molecule has 6 nitrogen and oxygen atoms in total. The molecule has 21 heavy (non-hydrogen) atoms. The number of piperazine rings is 1. The van der Waals surface area contributed by atoms with Crippen LogP contribution in [0, 0.1) is 11.6 Å². The highest BCUT2D eigenvalue weighted by Crippen LogP contribution is 2.19. The summed E-state index contributed by atoms with van der Waals surface area (Å²) < 4.78 is 26.8. The Morgan fingerprint density at radius 3 is 2.52 bits per heavy atom. The summed E-state index contributed by atoms with van der Waals surface area (Å²) in [6.07, 6.45) is 0. The van der Waals surface area contributed by atoms with Gasteiger partial charge >= 0.3 is 5.97 Å². The third-order valence-corrected chi connectivity index (χ3v) is 3.14. The summed E-state index contributed by atoms with van der Waals surface area (Å²) in [5.41, 5.74) is -1.03. The summed E-state index contributed by atoms with van der Waals surface area (Å²) in [4.78, 5) is 24.5. The fraction of sp³-hybridized carbons (Fsp3) is 0.385. The van der Waals surface area contributed by atoms with E-state index in [1.54, 1.807) is 0 Å². The number of nitrogens with zero attached hydrogens (tertiary/aromatic N) is 1. The van der Waals surface area contributed by atoms with Gasteiger partial charge in [-0.3, -0.25) is 9.69 Å². The van der Waals surface area contributed by atoms with Gasteiger partial charge in [-0.15, -0.1) is 0 Å². The summed E-state index contributed by atoms with van der Waals surface area (Å²) >= 11 is 0. The summed E-state index contributed by atoms with van der Waals surface area (Å²) in [6, 6.07) is 1.23. The van der Waals surface area contributed by atoms with E-state index in [4.69, 9.17) is 5.11 Å². The van der Waals surface area contributed by atoms with Gasteiger partial charge in [-0.2, -0.15) is 0 Å². The van der Waals surface area contributed by atoms with Crippen LogP contribution in [0.2, 0.25) is 0 Å². The lowest BCUT2D eigenvalue weighted by atomic mass is 10.1. The van der Waals surface area contributed by atoms with Crippen molar-refractivity contribution >= 4 is 17.6 Å². The molecule has 0 aliphatic carbocycles. The Hall–Kier alpha value is -2.06. The monoisotopic (exact) mass is 299 g/mol. The molecule has 0 atom stereocenters. The van der Waals surface area contributed by atoms with E-state index >= 15 is 0 Å². The SMILES string of the molecule is O=C(CN1CCNCC1)Nc1cc(C(=O)O)c(F)cc1F. The van der Waals surface area contributed by atoms with Gasteiger partial charge in [0.1, 0.15) is 11.6 Å². The van der Waals surface area contributed by atoms with Crippen LogP contribution in [0.1, 0.15) is 10.4 Å². The molecular weight excluding hydrogens is 284 g/mol. The topological polar surface area (TPSA) is 81.7 Å². The van der Waals surface area contributed by atoms with E-state index in [2.05, 4.69) is 10.6 Å². The van der Waals surface area contributed by atoms with E-state index < -0.39 is 29.1 Å². The molecule has 0 unspecified atom stereocenters. The van der Waals surface area contributed by atoms with E-state index in [1.165, 1.54) is 0 Å². The van der Waals surface area contributed by atoms with Gasteiger partial charge in [0.15, 0.2) is 0 Å². The molecule has 1 aromatic carbocycles. The number of halogens is 2. The maximum absolute atomic E-state index is 13.6. The van der Waals surface area contributed by atoms with Gasteiger partial charge < -0.3 is 15.7 Å². The van der Waals surface area contributed by atoms with Gasteiger partial charge in [0.25, 0.3) is 0 Å². The number of anilines is 1. The van der Waals surface area contributed by atoms with Crippen LogP contribution in [0.25, 0.3) is 0 Å². The zero-order valence-electron chi connectivity index (χ0n) is 11.2. The molecule has 0 spiro atoms. The van der Waals surface area contributed by atoms with Crippen LogP contribution in [0.15, 0.2) is 12.1 Å². The molecule has 2 rings (SSSR count). The summed E-state index contributed by atoms with van der Waals surface area (Å²) in [5, 5.41) is 14.2. The summed E-state index contributed by atoms with van der Waals surface area (Å²) in [5.74, 6) is -4.19. The molecule has 8 heteroatoms. The number of carbonyl (C=O) groups is 2. The number of rotatable bonds is 4. The molecular formula is C13H15F2N3O3. The molecule has 114 valence electrons. The summed E-state index contributed by atoms with van der Waals surface area (Å²) in [7, 11) is 0. The fourth-order valence-electron chi connectivity index (χ4n) is 2.07. The number of benzene rings is 1. The molecule has 1 fully saturated rings. The standard InChI is InChI=1S/C13H15F2N3O3/c14-9-6-10(15)11(5-8(9)13(20)21)17-12(19)7-18-3-1-16-2-4-18/h5-6,16H,1-4,7H2,(H,17,19)(H,20,21). The van der Waals surface area contributed by atoms with Gasteiger partial charge in [-0.05, 0) is 6.07 Å². The molecule has 1 amide bonds. The van der Waals surface area contributed by atoms with Crippen LogP contribution in [-0.2, 0) is 4.79 Å². The Morgan fingerprint density at radius 2 is 1.90 bits per heavy atom. The molecule has 1 aromatic rings. The van der Waals surface area contributed by atoms with Crippen LogP contribution < -0.4 is 10.6 Å². The zero-order chi connectivity index (χ0) is 15.4. The first-order valence-corrected chi connectivity index (χ1v) is 6.42. The third-order valence-electron chi connectivity index (χ3n) is 3.14. The van der Waals surface area contributed by atoms with Crippen LogP contribution >= 0.6 is 0 Å². The van der Waals surface area contributed by atoms with Crippen molar-refractivity contribution in [1.82, 2.24) is 10.2 Å². The largest absolute Gasteiger partial charge is 0.478 e. The maximum Gasteiger partial charge on any atom is 0.338 e. The van der Waals surface area contributed by atoms with Crippen molar-refractivity contribution in [2.24, 2.45) is 0 Å². The van der Waals surface area contributed by atoms with Crippen LogP contribution in [-0.4, -0.2) is 54.6 Å². The van der Waals surface area contributed by atoms with Crippen molar-refractivity contribution in [3.63, 3.8) is 0 Å². The first-order valence-electron chi connectivity index (χ1n) is 6.42. The van der Waals surface area contributed by atoms with Crippen LogP contribution in [0.3, 0.4) is 0 Å². The quantitative estimate of drug-likeness (QED) is 0.754. The van der Waals surface area contributed by atoms with Crippen molar-refractivity contribution < 1.29 is 23.5 Å². The van der Waals surface area contributed by atoms with Crippen molar-refractivity contribution in [3.05, 3.63) is 29.3 Å². The number of amides is 1. The minimum Gasteiger partial charge on any atom is -0.478 e. The lowest BCUT2D eigenvalue weighted by molar-refractivity contribution is -0.117. The molecule has 0 radical (unpaired) electrons. The smallest absolute Gasteiger partial charge is 0.338 e. The zero-order valence-corrected chi connectivity index (χ0v) is 11.2. The average molecular weight is 299 g/mol. The molecule has 0 bridgehead atoms. The number of hydrogen-bond acceptors (Lipinski definition) is 4. The average Bonchev–Trinajstić information content (AvgIpc) is 2.42. The Bertz CT molecular complexity index is 560. The van der Waals surface area contributed by atoms with Gasteiger partial charge in [-0.1, -0.05) is 0 Å². The molecule has 1 heterocycles. The maximum atomic E-state index is 13.6. The number of nitrogens with one attached hydrogen (secondary N) is 2. The Morgan fingerprint density at radius 1 is 1.24 bits per heavy atom. The van der Waals surface area contributed by atoms with Gasteiger partial charge in [0.05, 0.1) is 17.8 Å². The molecule has 3 N–H and O–H groups in total. The lowest BCUT2D eigenvalue weighted by Gasteiger charge is -2.26. The van der Waals surface area contributed by atoms with Gasteiger partial charge in [0.2, 0.25) is 5.91 Å². The predicted octanol–water partition coefficient (Wildman–Crippen LogP) is 0.507. The molecule has 1 aliphatic heterocycles. The van der Waals surface area contributed by atoms with E-state index in [0.717, 1.165) is 19.2 Å². The highest BCUT2D eigenvalue weighted by Gasteiger charge is 2.18. The number of aromatic carboxylic acids is 1. The van der Waals surface area contributed by atoms with E-state index in [1.807, 2.05) is 4.90 Å². The van der Waals surface area contributed by atoms with Crippen molar-refractivity contribution in [1.29, 1.82) is 0 Å². The summed E-state index contributed by atoms with van der Waals surface area (Å²) in [6.45, 7) is 2.99. The van der Waals surface area contributed by atoms with Crippen molar-refractivity contribution in [2.75, 3.05) is 38.0 Å². The number of carbonyl (C=O) groups excluding carboxylic acids is 1. The van der Waals surface area contributed by atoms with Crippen molar-refractivity contribution in [2.45, 2.75) is 0 Å². The highest BCUT2D eigenvalue weighted by molar-refractivity contribution is 5.95. The Balaban J connectivity index is 2.06. The molecule has 1 aliphatic rings. The predicted molar refractivity (Wildman–Crippen MR) is 71.3 cm³/mol. The van der Waals surface area contributed by atoms with Crippen LogP contribution in [0.5, 0.6) is 0 Å². The van der Waals surface area contributed by atoms with Crippen molar-refractivity contribution in [3.8, 4) is 0 Å². The van der Waals surface area contributed by atoms with E-state index in [0.29, 0.717) is 19.2 Å². The third kappa shape index (κ3) is 3.96. The minimum atomic E-state index is -1.52. The van der Waals surface area contributed by atoms with Crippen LogP contribution in [0.4, 0.5) is 14.5 Å². The minimum absolute atomic E-state index is 0.0703. The molecule has 0 saturated carbocycles. The van der Waals surface area contributed by atoms with E-state index in [9.17, 15) is 18.4 Å². The lowest BCUT2D eigenvalue weighted by Crippen LogP contribution is -2.46. The Kier molecular flexibility index (Phi) is 4.81. The van der Waals surface area contributed by atoms with Gasteiger partial charge in [-0.25, -0.2) is 13.6 Å². The normalized spacial score (nSPS) is 15.7. The van der Waals surface area contributed by atoms with E-state index in [-0.39, 0.29) is 12.2 Å². The fourth-order valence-corrected chi connectivity index (χ4v) is 2.07. The Labute approximate surface area is 119 Å². The molecule has 1 saturated heterocycles. The second kappa shape index (κ2) is 6.59. The first-order chi connectivity index (χ1) is 9.97. The molecule has 0 aromatic heterocycles. The second-order valence-corrected chi connectivity index (χ2v) is 4.69. The second-order valence-electron chi connectivity index (χ2n) is 4.69. The number of carboxylic acids is 1.